The van der Waals surface area contributed by atoms with Crippen LogP contribution in [0.3, 0.4) is 0 Å². The zero-order valence-corrected chi connectivity index (χ0v) is 16.6. The molecule has 0 aliphatic heterocycles. The summed E-state index contributed by atoms with van der Waals surface area (Å²) in [5.41, 5.74) is 2.70. The van der Waals surface area contributed by atoms with E-state index in [0.717, 1.165) is 37.7 Å². The van der Waals surface area contributed by atoms with Crippen LogP contribution in [0.2, 0.25) is 0 Å². The van der Waals surface area contributed by atoms with Crippen molar-refractivity contribution in [2.75, 3.05) is 0 Å². The van der Waals surface area contributed by atoms with Gasteiger partial charge in [0.15, 0.2) is 5.83 Å². The number of hydrogen-bond acceptors (Lipinski definition) is 1. The molecule has 0 amide bonds. The van der Waals surface area contributed by atoms with E-state index in [-0.39, 0.29) is 17.5 Å². The van der Waals surface area contributed by atoms with E-state index >= 15 is 0 Å². The lowest BCUT2D eigenvalue weighted by Crippen LogP contribution is -2.01. The Bertz CT molecular complexity index is 823. The summed E-state index contributed by atoms with van der Waals surface area (Å²) in [6, 6.07) is 11.6. The number of unbranched alkanes of at least 4 members (excludes halogenated alkanes) is 3. The van der Waals surface area contributed by atoms with Crippen molar-refractivity contribution in [3.8, 4) is 11.1 Å². The molecule has 0 saturated carbocycles. The van der Waals surface area contributed by atoms with Gasteiger partial charge in [-0.2, -0.15) is 0 Å². The van der Waals surface area contributed by atoms with E-state index in [1.807, 2.05) is 12.1 Å². The van der Waals surface area contributed by atoms with Crippen molar-refractivity contribution in [2.45, 2.75) is 58.8 Å². The zero-order chi connectivity index (χ0) is 20.5. The number of halogens is 2. The minimum absolute atomic E-state index is 0.107. The molecule has 4 heteroatoms. The number of carboxylic acid groups (broad SMARTS) is 1. The maximum atomic E-state index is 14.4. The van der Waals surface area contributed by atoms with Crippen LogP contribution in [0.15, 0.2) is 48.3 Å². The Kier molecular flexibility index (Phi) is 8.37. The molecule has 2 nitrogen and oxygen atoms in total. The van der Waals surface area contributed by atoms with Crippen LogP contribution in [-0.2, 0) is 6.42 Å². The zero-order valence-electron chi connectivity index (χ0n) is 16.6. The summed E-state index contributed by atoms with van der Waals surface area (Å²) in [5, 5.41) is 9.47. The molecule has 0 atom stereocenters. The van der Waals surface area contributed by atoms with Crippen LogP contribution in [0.4, 0.5) is 8.78 Å². The van der Waals surface area contributed by atoms with Gasteiger partial charge in [-0.1, -0.05) is 75.9 Å². The standard InChI is InChI=1S/C24H28F2O2/c1-3-5-6-7-9-22(25)23(26)19-13-11-18(12-14-19)21-16-17(8-4-2)10-15-20(21)24(27)28/h10-16H,3-9H2,1-2H3,(H,27,28). The molecule has 28 heavy (non-hydrogen) atoms. The molecule has 2 rings (SSSR count). The number of aromatic carboxylic acids is 1. The first-order valence-electron chi connectivity index (χ1n) is 9.99. The molecule has 0 aliphatic rings. The third-order valence-electron chi connectivity index (χ3n) is 4.79. The quantitative estimate of drug-likeness (QED) is 0.427. The maximum Gasteiger partial charge on any atom is 0.336 e. The SMILES string of the molecule is CCCCCCC(F)=C(F)c1ccc(-c2cc(CCC)ccc2C(=O)O)cc1. The van der Waals surface area contributed by atoms with E-state index < -0.39 is 17.6 Å². The van der Waals surface area contributed by atoms with Crippen LogP contribution in [-0.4, -0.2) is 11.1 Å². The fourth-order valence-electron chi connectivity index (χ4n) is 3.23. The Labute approximate surface area is 165 Å². The lowest BCUT2D eigenvalue weighted by molar-refractivity contribution is 0.0697. The molecule has 0 aromatic heterocycles. The monoisotopic (exact) mass is 386 g/mol. The molecule has 0 aliphatic carbocycles. The average Bonchev–Trinajstić information content (AvgIpc) is 2.70. The van der Waals surface area contributed by atoms with Crippen molar-refractivity contribution < 1.29 is 18.7 Å². The molecular weight excluding hydrogens is 358 g/mol. The smallest absolute Gasteiger partial charge is 0.336 e. The van der Waals surface area contributed by atoms with Crippen molar-refractivity contribution in [1.82, 2.24) is 0 Å². The second-order valence-corrected chi connectivity index (χ2v) is 7.04. The second kappa shape index (κ2) is 10.7. The van der Waals surface area contributed by atoms with Gasteiger partial charge < -0.3 is 5.11 Å². The number of rotatable bonds is 10. The number of carboxylic acids is 1. The van der Waals surface area contributed by atoms with E-state index in [4.69, 9.17) is 0 Å². The highest BCUT2D eigenvalue weighted by atomic mass is 19.2. The summed E-state index contributed by atoms with van der Waals surface area (Å²) >= 11 is 0. The summed E-state index contributed by atoms with van der Waals surface area (Å²) in [6.07, 6.45) is 5.51. The van der Waals surface area contributed by atoms with Crippen molar-refractivity contribution in [3.05, 3.63) is 65.0 Å². The first-order chi connectivity index (χ1) is 13.5. The molecule has 150 valence electrons. The lowest BCUT2D eigenvalue weighted by atomic mass is 9.95. The predicted molar refractivity (Wildman–Crippen MR) is 111 cm³/mol. The van der Waals surface area contributed by atoms with Gasteiger partial charge in [-0.15, -0.1) is 0 Å². The predicted octanol–water partition coefficient (Wildman–Crippen LogP) is 7.58. The highest BCUT2D eigenvalue weighted by molar-refractivity contribution is 5.96. The number of allylic oxidation sites excluding steroid dienone is 1. The van der Waals surface area contributed by atoms with E-state index in [0.29, 0.717) is 17.5 Å². The topological polar surface area (TPSA) is 37.3 Å². The fourth-order valence-corrected chi connectivity index (χ4v) is 3.23. The maximum absolute atomic E-state index is 14.4. The first kappa shape index (κ1) is 21.8. The number of aryl methyl sites for hydroxylation is 1. The van der Waals surface area contributed by atoms with E-state index in [1.165, 1.54) is 12.1 Å². The van der Waals surface area contributed by atoms with Crippen molar-refractivity contribution >= 4 is 11.8 Å². The molecule has 0 heterocycles. The lowest BCUT2D eigenvalue weighted by Gasteiger charge is -2.10. The molecule has 2 aromatic rings. The van der Waals surface area contributed by atoms with Gasteiger partial charge >= 0.3 is 5.97 Å². The number of benzene rings is 2. The van der Waals surface area contributed by atoms with Crippen molar-refractivity contribution in [1.29, 1.82) is 0 Å². The van der Waals surface area contributed by atoms with Crippen LogP contribution in [0, 0.1) is 0 Å². The normalized spacial score (nSPS) is 12.0. The molecule has 0 bridgehead atoms. The average molecular weight is 386 g/mol. The van der Waals surface area contributed by atoms with Gasteiger partial charge in [0.25, 0.3) is 0 Å². The highest BCUT2D eigenvalue weighted by Gasteiger charge is 2.14. The molecular formula is C24H28F2O2. The van der Waals surface area contributed by atoms with Gasteiger partial charge in [-0.3, -0.25) is 0 Å². The van der Waals surface area contributed by atoms with E-state index in [9.17, 15) is 18.7 Å². The minimum atomic E-state index is -1.01. The third kappa shape index (κ3) is 5.75. The van der Waals surface area contributed by atoms with Gasteiger partial charge in [0.1, 0.15) is 5.83 Å². The Morgan fingerprint density at radius 1 is 0.929 bits per heavy atom. The molecule has 1 N–H and O–H groups in total. The van der Waals surface area contributed by atoms with E-state index in [1.54, 1.807) is 18.2 Å². The summed E-state index contributed by atoms with van der Waals surface area (Å²) in [4.78, 5) is 11.6. The van der Waals surface area contributed by atoms with Crippen LogP contribution in [0.25, 0.3) is 17.0 Å². The summed E-state index contributed by atoms with van der Waals surface area (Å²) < 4.78 is 28.4. The van der Waals surface area contributed by atoms with Gasteiger partial charge in [0.2, 0.25) is 0 Å². The van der Waals surface area contributed by atoms with Crippen LogP contribution in [0.1, 0.15) is 73.9 Å². The van der Waals surface area contributed by atoms with Crippen molar-refractivity contribution in [3.63, 3.8) is 0 Å². The third-order valence-corrected chi connectivity index (χ3v) is 4.79. The van der Waals surface area contributed by atoms with Gasteiger partial charge in [-0.05, 0) is 35.6 Å². The van der Waals surface area contributed by atoms with E-state index in [2.05, 4.69) is 13.8 Å². The number of carbonyl (C=O) groups is 1. The molecule has 0 saturated heterocycles. The largest absolute Gasteiger partial charge is 0.478 e. The highest BCUT2D eigenvalue weighted by Crippen LogP contribution is 2.30. The molecule has 0 radical (unpaired) electrons. The van der Waals surface area contributed by atoms with Gasteiger partial charge in [0.05, 0.1) is 5.56 Å². The molecule has 2 aromatic carbocycles. The fraction of sp³-hybridized carbons (Fsp3) is 0.375. The molecule has 0 spiro atoms. The van der Waals surface area contributed by atoms with Gasteiger partial charge in [-0.25, -0.2) is 13.6 Å². The first-order valence-corrected chi connectivity index (χ1v) is 9.99. The Morgan fingerprint density at radius 3 is 2.25 bits per heavy atom. The Hall–Kier alpha value is -2.49. The summed E-state index contributed by atoms with van der Waals surface area (Å²) in [5.74, 6) is -2.56. The Balaban J connectivity index is 2.26. The van der Waals surface area contributed by atoms with Gasteiger partial charge in [0, 0.05) is 12.0 Å². The summed E-state index contributed by atoms with van der Waals surface area (Å²) in [6.45, 7) is 4.13. The minimum Gasteiger partial charge on any atom is -0.478 e. The summed E-state index contributed by atoms with van der Waals surface area (Å²) in [7, 11) is 0. The molecule has 0 unspecified atom stereocenters. The van der Waals surface area contributed by atoms with Crippen LogP contribution < -0.4 is 0 Å². The second-order valence-electron chi connectivity index (χ2n) is 7.04. The van der Waals surface area contributed by atoms with Crippen LogP contribution in [0.5, 0.6) is 0 Å². The molecule has 0 fully saturated rings. The Morgan fingerprint density at radius 2 is 1.64 bits per heavy atom. The number of hydrogen-bond donors (Lipinski definition) is 1. The van der Waals surface area contributed by atoms with Crippen molar-refractivity contribution in [2.24, 2.45) is 0 Å². The van der Waals surface area contributed by atoms with Crippen LogP contribution >= 0.6 is 0 Å².